The molecule has 1 aliphatic rings. The molecule has 0 spiro atoms. The normalized spacial score (nSPS) is 14.8. The molecule has 1 heterocycles. The summed E-state index contributed by atoms with van der Waals surface area (Å²) in [5.41, 5.74) is 2.60. The van der Waals surface area contributed by atoms with Gasteiger partial charge in [-0.3, -0.25) is 9.69 Å². The first-order valence-electron chi connectivity index (χ1n) is 9.19. The van der Waals surface area contributed by atoms with Crippen molar-refractivity contribution < 1.29 is 9.90 Å². The molecule has 2 aromatic rings. The maximum atomic E-state index is 12.7. The second-order valence-corrected chi connectivity index (χ2v) is 6.45. The van der Waals surface area contributed by atoms with Crippen molar-refractivity contribution in [1.82, 2.24) is 9.80 Å². The lowest BCUT2D eigenvalue weighted by atomic mass is 10.1. The fraction of sp³-hybridized carbons (Fsp3) is 0.261. The first-order chi connectivity index (χ1) is 13.3. The summed E-state index contributed by atoms with van der Waals surface area (Å²) in [6.07, 6.45) is 4.31. The van der Waals surface area contributed by atoms with E-state index in [4.69, 9.17) is 5.11 Å². The number of carbonyl (C=O) groups is 1. The zero-order valence-electron chi connectivity index (χ0n) is 15.3. The van der Waals surface area contributed by atoms with Crippen LogP contribution < -0.4 is 0 Å². The SMILES string of the molecule is O=C(c1cccc(C#CCO)c1)N1CCN(C/C=C/c2ccccc2)CC1. The Morgan fingerprint density at radius 1 is 1.04 bits per heavy atom. The van der Waals surface area contributed by atoms with Gasteiger partial charge in [0.15, 0.2) is 0 Å². The first-order valence-corrected chi connectivity index (χ1v) is 9.19. The average molecular weight is 360 g/mol. The van der Waals surface area contributed by atoms with Gasteiger partial charge in [0.05, 0.1) is 0 Å². The second kappa shape index (κ2) is 9.72. The lowest BCUT2D eigenvalue weighted by molar-refractivity contribution is 0.0650. The molecule has 3 rings (SSSR count). The summed E-state index contributed by atoms with van der Waals surface area (Å²) in [4.78, 5) is 17.0. The van der Waals surface area contributed by atoms with Gasteiger partial charge >= 0.3 is 0 Å². The zero-order chi connectivity index (χ0) is 18.9. The summed E-state index contributed by atoms with van der Waals surface area (Å²) in [5, 5.41) is 8.80. The fourth-order valence-corrected chi connectivity index (χ4v) is 3.09. The third-order valence-corrected chi connectivity index (χ3v) is 4.55. The Bertz CT molecular complexity index is 841. The lowest BCUT2D eigenvalue weighted by Crippen LogP contribution is -2.48. The van der Waals surface area contributed by atoms with Crippen molar-refractivity contribution in [2.75, 3.05) is 39.3 Å². The molecule has 0 aliphatic carbocycles. The summed E-state index contributed by atoms with van der Waals surface area (Å²) in [6.45, 7) is 3.90. The minimum absolute atomic E-state index is 0.0436. The molecule has 0 saturated carbocycles. The molecule has 4 nitrogen and oxygen atoms in total. The van der Waals surface area contributed by atoms with E-state index in [1.165, 1.54) is 5.56 Å². The first kappa shape index (κ1) is 18.9. The second-order valence-electron chi connectivity index (χ2n) is 6.45. The number of benzene rings is 2. The van der Waals surface area contributed by atoms with Gasteiger partial charge in [-0.25, -0.2) is 0 Å². The maximum Gasteiger partial charge on any atom is 0.253 e. The van der Waals surface area contributed by atoms with Gasteiger partial charge in [0.25, 0.3) is 5.91 Å². The number of hydrogen-bond acceptors (Lipinski definition) is 3. The van der Waals surface area contributed by atoms with Gasteiger partial charge in [0.2, 0.25) is 0 Å². The molecule has 4 heteroatoms. The Morgan fingerprint density at radius 3 is 2.56 bits per heavy atom. The van der Waals surface area contributed by atoms with Crippen molar-refractivity contribution in [2.45, 2.75) is 0 Å². The third-order valence-electron chi connectivity index (χ3n) is 4.55. The van der Waals surface area contributed by atoms with Crippen LogP contribution in [-0.2, 0) is 0 Å². The molecule has 0 unspecified atom stereocenters. The van der Waals surface area contributed by atoms with Crippen LogP contribution in [-0.4, -0.2) is 60.1 Å². The molecule has 0 bridgehead atoms. The van der Waals surface area contributed by atoms with E-state index in [2.05, 4.69) is 41.0 Å². The summed E-state index contributed by atoms with van der Waals surface area (Å²) in [7, 11) is 0. The van der Waals surface area contributed by atoms with Crippen LogP contribution in [0.25, 0.3) is 6.08 Å². The molecule has 0 radical (unpaired) electrons. The van der Waals surface area contributed by atoms with Gasteiger partial charge in [0, 0.05) is 43.9 Å². The van der Waals surface area contributed by atoms with E-state index in [9.17, 15) is 4.79 Å². The van der Waals surface area contributed by atoms with E-state index < -0.39 is 0 Å². The smallest absolute Gasteiger partial charge is 0.253 e. The summed E-state index contributed by atoms with van der Waals surface area (Å²) < 4.78 is 0. The summed E-state index contributed by atoms with van der Waals surface area (Å²) in [5.74, 6) is 5.51. The largest absolute Gasteiger partial charge is 0.384 e. The molecular weight excluding hydrogens is 336 g/mol. The molecule has 1 fully saturated rings. The van der Waals surface area contributed by atoms with Gasteiger partial charge in [-0.1, -0.05) is 60.4 Å². The molecule has 1 amide bonds. The van der Waals surface area contributed by atoms with E-state index in [1.807, 2.05) is 41.3 Å². The summed E-state index contributed by atoms with van der Waals surface area (Å²) in [6, 6.07) is 17.6. The minimum atomic E-state index is -0.182. The van der Waals surface area contributed by atoms with Crippen LogP contribution in [0.4, 0.5) is 0 Å². The van der Waals surface area contributed by atoms with E-state index >= 15 is 0 Å². The molecule has 27 heavy (non-hydrogen) atoms. The van der Waals surface area contributed by atoms with Gasteiger partial charge in [-0.2, -0.15) is 0 Å². The predicted octanol–water partition coefficient (Wildman–Crippen LogP) is 2.50. The van der Waals surface area contributed by atoms with Crippen LogP contribution in [0.2, 0.25) is 0 Å². The Labute approximate surface area is 160 Å². The van der Waals surface area contributed by atoms with Crippen LogP contribution in [0.1, 0.15) is 21.5 Å². The predicted molar refractivity (Wildman–Crippen MR) is 108 cm³/mol. The van der Waals surface area contributed by atoms with Crippen molar-refractivity contribution in [3.8, 4) is 11.8 Å². The van der Waals surface area contributed by atoms with E-state index in [0.717, 1.165) is 38.3 Å². The number of piperazine rings is 1. The Balaban J connectivity index is 1.51. The van der Waals surface area contributed by atoms with E-state index in [1.54, 1.807) is 6.07 Å². The molecule has 1 aliphatic heterocycles. The topological polar surface area (TPSA) is 43.8 Å². The van der Waals surface area contributed by atoms with Crippen LogP contribution in [0.15, 0.2) is 60.7 Å². The minimum Gasteiger partial charge on any atom is -0.384 e. The standard InChI is InChI=1S/C23H24N2O2/c26-18-6-11-21-9-4-12-22(19-21)23(27)25-16-14-24(15-17-25)13-5-10-20-7-2-1-3-8-20/h1-5,7-10,12,19,26H,13-18H2/b10-5+. The Kier molecular flexibility index (Phi) is 6.81. The number of aliphatic hydroxyl groups excluding tert-OH is 1. The Hall–Kier alpha value is -2.87. The quantitative estimate of drug-likeness (QED) is 0.852. The zero-order valence-corrected chi connectivity index (χ0v) is 15.3. The van der Waals surface area contributed by atoms with Crippen LogP contribution in [0.3, 0.4) is 0 Å². The third kappa shape index (κ3) is 5.55. The Morgan fingerprint density at radius 2 is 1.81 bits per heavy atom. The lowest BCUT2D eigenvalue weighted by Gasteiger charge is -2.34. The van der Waals surface area contributed by atoms with Gasteiger partial charge in [-0.15, -0.1) is 0 Å². The molecule has 1 saturated heterocycles. The van der Waals surface area contributed by atoms with Crippen molar-refractivity contribution in [3.63, 3.8) is 0 Å². The highest BCUT2D eigenvalue weighted by Crippen LogP contribution is 2.11. The van der Waals surface area contributed by atoms with Gasteiger partial charge in [-0.05, 0) is 23.8 Å². The van der Waals surface area contributed by atoms with Crippen molar-refractivity contribution >= 4 is 12.0 Å². The van der Waals surface area contributed by atoms with Crippen molar-refractivity contribution in [3.05, 3.63) is 77.4 Å². The number of nitrogens with zero attached hydrogens (tertiary/aromatic N) is 2. The highest BCUT2D eigenvalue weighted by Gasteiger charge is 2.21. The van der Waals surface area contributed by atoms with Crippen LogP contribution >= 0.6 is 0 Å². The van der Waals surface area contributed by atoms with E-state index in [0.29, 0.717) is 5.56 Å². The van der Waals surface area contributed by atoms with Crippen molar-refractivity contribution in [2.24, 2.45) is 0 Å². The number of aliphatic hydroxyl groups is 1. The van der Waals surface area contributed by atoms with Gasteiger partial charge < -0.3 is 10.0 Å². The monoisotopic (exact) mass is 360 g/mol. The number of rotatable bonds is 4. The molecular formula is C23H24N2O2. The highest BCUT2D eigenvalue weighted by molar-refractivity contribution is 5.94. The van der Waals surface area contributed by atoms with Crippen LogP contribution in [0.5, 0.6) is 0 Å². The molecule has 2 aromatic carbocycles. The van der Waals surface area contributed by atoms with E-state index in [-0.39, 0.29) is 12.5 Å². The molecule has 0 aromatic heterocycles. The molecule has 138 valence electrons. The molecule has 0 atom stereocenters. The maximum absolute atomic E-state index is 12.7. The number of carbonyl (C=O) groups excluding carboxylic acids is 1. The average Bonchev–Trinajstić information content (AvgIpc) is 2.73. The van der Waals surface area contributed by atoms with Gasteiger partial charge in [0.1, 0.15) is 6.61 Å². The summed E-state index contributed by atoms with van der Waals surface area (Å²) >= 11 is 0. The number of amides is 1. The van der Waals surface area contributed by atoms with Crippen molar-refractivity contribution in [1.29, 1.82) is 0 Å². The molecule has 1 N–H and O–H groups in total. The fourth-order valence-electron chi connectivity index (χ4n) is 3.09. The number of hydrogen-bond donors (Lipinski definition) is 1. The van der Waals surface area contributed by atoms with Crippen LogP contribution in [0, 0.1) is 11.8 Å². The highest BCUT2D eigenvalue weighted by atomic mass is 16.2.